The summed E-state index contributed by atoms with van der Waals surface area (Å²) in [6.07, 6.45) is 1.28. The topological polar surface area (TPSA) is 71.3 Å². The summed E-state index contributed by atoms with van der Waals surface area (Å²) in [5, 5.41) is 6.30. The van der Waals surface area contributed by atoms with Crippen LogP contribution in [0, 0.1) is 0 Å². The van der Waals surface area contributed by atoms with Gasteiger partial charge >= 0.3 is 5.69 Å². The summed E-state index contributed by atoms with van der Waals surface area (Å²) >= 11 is 0. The summed E-state index contributed by atoms with van der Waals surface area (Å²) in [6, 6.07) is 7.66. The molecule has 1 aliphatic heterocycles. The molecule has 0 radical (unpaired) electrons. The number of benzene rings is 1. The molecule has 0 atom stereocenters. The number of hydrogen-bond acceptors (Lipinski definition) is 4. The molecule has 7 nitrogen and oxygen atoms in total. The lowest BCUT2D eigenvalue weighted by molar-refractivity contribution is -0.121. The van der Waals surface area contributed by atoms with E-state index in [1.54, 1.807) is 16.2 Å². The van der Waals surface area contributed by atoms with E-state index >= 15 is 0 Å². The molecule has 2 heterocycles. The van der Waals surface area contributed by atoms with Gasteiger partial charge in [0.25, 0.3) is 0 Å². The van der Waals surface area contributed by atoms with Gasteiger partial charge < -0.3 is 15.5 Å². The smallest absolute Gasteiger partial charge is 0.328 e. The molecule has 1 amide bonds. The van der Waals surface area contributed by atoms with Crippen molar-refractivity contribution in [2.24, 2.45) is 7.05 Å². The molecule has 1 aromatic heterocycles. The van der Waals surface area contributed by atoms with Crippen LogP contribution in [0.1, 0.15) is 12.8 Å². The first-order chi connectivity index (χ1) is 12.2. The van der Waals surface area contributed by atoms with Gasteiger partial charge in [-0.2, -0.15) is 0 Å². The minimum Gasteiger partial charge on any atom is -0.356 e. The number of fused-ring (bicyclic) bond motifs is 1. The molecule has 1 saturated heterocycles. The summed E-state index contributed by atoms with van der Waals surface area (Å²) < 4.78 is 3.30. The Morgan fingerprint density at radius 3 is 2.58 bits per heavy atom. The fourth-order valence-electron chi connectivity index (χ4n) is 3.35. The molecule has 2 aromatic rings. The molecule has 0 aliphatic carbocycles. The van der Waals surface area contributed by atoms with E-state index in [-0.39, 0.29) is 24.0 Å². The molecule has 0 saturated carbocycles. The van der Waals surface area contributed by atoms with Crippen LogP contribution in [0.5, 0.6) is 0 Å². The van der Waals surface area contributed by atoms with Crippen molar-refractivity contribution in [3.63, 3.8) is 0 Å². The van der Waals surface area contributed by atoms with Gasteiger partial charge in [0.1, 0.15) is 0 Å². The summed E-state index contributed by atoms with van der Waals surface area (Å²) in [6.45, 7) is 6.37. The average molecular weight is 382 g/mol. The quantitative estimate of drug-likeness (QED) is 0.688. The first-order valence-electron chi connectivity index (χ1n) is 9.01. The van der Waals surface area contributed by atoms with Crippen molar-refractivity contribution >= 4 is 29.3 Å². The summed E-state index contributed by atoms with van der Waals surface area (Å²) in [5.74, 6) is 0.000134. The number of para-hydroxylation sites is 2. The Morgan fingerprint density at radius 1 is 1.15 bits per heavy atom. The molecule has 2 N–H and O–H groups in total. The van der Waals surface area contributed by atoms with Crippen LogP contribution in [0.4, 0.5) is 0 Å². The van der Waals surface area contributed by atoms with Gasteiger partial charge in [0.15, 0.2) is 0 Å². The van der Waals surface area contributed by atoms with Crippen molar-refractivity contribution in [3.05, 3.63) is 34.7 Å². The molecule has 0 unspecified atom stereocenters. The first kappa shape index (κ1) is 20.5. The number of halogens is 1. The third kappa shape index (κ3) is 4.87. The Labute approximate surface area is 159 Å². The largest absolute Gasteiger partial charge is 0.356 e. The van der Waals surface area contributed by atoms with Gasteiger partial charge in [-0.15, -0.1) is 12.4 Å². The third-order valence-electron chi connectivity index (χ3n) is 4.80. The number of nitrogens with zero attached hydrogens (tertiary/aromatic N) is 3. The van der Waals surface area contributed by atoms with Crippen LogP contribution in [-0.4, -0.2) is 59.2 Å². The van der Waals surface area contributed by atoms with E-state index in [1.807, 2.05) is 24.3 Å². The molecular formula is C18H28ClN5O2. The second-order valence-corrected chi connectivity index (χ2v) is 6.53. The average Bonchev–Trinajstić information content (AvgIpc) is 2.89. The Bertz CT molecular complexity index is 779. The molecule has 144 valence electrons. The number of aryl methyl sites for hydroxylation is 2. The zero-order valence-corrected chi connectivity index (χ0v) is 16.1. The highest BCUT2D eigenvalue weighted by atomic mass is 35.5. The van der Waals surface area contributed by atoms with E-state index in [2.05, 4.69) is 15.5 Å². The van der Waals surface area contributed by atoms with Gasteiger partial charge in [0.2, 0.25) is 5.91 Å². The number of imidazole rings is 1. The van der Waals surface area contributed by atoms with E-state index < -0.39 is 0 Å². The van der Waals surface area contributed by atoms with Crippen molar-refractivity contribution in [1.29, 1.82) is 0 Å². The van der Waals surface area contributed by atoms with Crippen molar-refractivity contribution < 1.29 is 4.79 Å². The molecule has 8 heteroatoms. The Kier molecular flexibility index (Phi) is 7.68. The molecule has 1 fully saturated rings. The highest BCUT2D eigenvalue weighted by Gasteiger charge is 2.12. The minimum atomic E-state index is -0.0762. The van der Waals surface area contributed by atoms with Crippen LogP contribution in [0.25, 0.3) is 11.0 Å². The molecular weight excluding hydrogens is 354 g/mol. The van der Waals surface area contributed by atoms with Gasteiger partial charge in [-0.3, -0.25) is 13.9 Å². The third-order valence-corrected chi connectivity index (χ3v) is 4.80. The molecule has 0 spiro atoms. The molecule has 3 rings (SSSR count). The maximum Gasteiger partial charge on any atom is 0.328 e. The molecule has 26 heavy (non-hydrogen) atoms. The van der Waals surface area contributed by atoms with E-state index in [1.165, 1.54) is 0 Å². The monoisotopic (exact) mass is 381 g/mol. The fraction of sp³-hybridized carbons (Fsp3) is 0.556. The van der Waals surface area contributed by atoms with E-state index in [9.17, 15) is 9.59 Å². The molecule has 1 aromatic carbocycles. The van der Waals surface area contributed by atoms with Crippen molar-refractivity contribution in [1.82, 2.24) is 24.7 Å². The Morgan fingerprint density at radius 2 is 1.85 bits per heavy atom. The van der Waals surface area contributed by atoms with Crippen LogP contribution in [-0.2, 0) is 18.4 Å². The lowest BCUT2D eigenvalue weighted by atomic mass is 10.3. The highest BCUT2D eigenvalue weighted by Crippen LogP contribution is 2.11. The van der Waals surface area contributed by atoms with Crippen LogP contribution in [0.3, 0.4) is 0 Å². The fourth-order valence-corrected chi connectivity index (χ4v) is 3.35. The lowest BCUT2D eigenvalue weighted by Gasteiger charge is -2.27. The second-order valence-electron chi connectivity index (χ2n) is 6.53. The molecule has 0 bridgehead atoms. The van der Waals surface area contributed by atoms with E-state index in [0.717, 1.165) is 50.2 Å². The van der Waals surface area contributed by atoms with Crippen LogP contribution < -0.4 is 16.3 Å². The maximum atomic E-state index is 12.3. The number of aromatic nitrogens is 2. The summed E-state index contributed by atoms with van der Waals surface area (Å²) in [7, 11) is 1.76. The predicted molar refractivity (Wildman–Crippen MR) is 106 cm³/mol. The van der Waals surface area contributed by atoms with Crippen LogP contribution in [0.15, 0.2) is 29.1 Å². The number of hydrogen-bond donors (Lipinski definition) is 2. The summed E-state index contributed by atoms with van der Waals surface area (Å²) in [5.41, 5.74) is 1.69. The number of amides is 1. The van der Waals surface area contributed by atoms with Crippen molar-refractivity contribution in [3.8, 4) is 0 Å². The Balaban J connectivity index is 0.00000243. The van der Waals surface area contributed by atoms with Gasteiger partial charge in [-0.05, 0) is 25.1 Å². The van der Waals surface area contributed by atoms with Crippen molar-refractivity contribution in [2.45, 2.75) is 19.4 Å². The second kappa shape index (κ2) is 9.75. The number of rotatable bonds is 7. The zero-order valence-electron chi connectivity index (χ0n) is 15.2. The van der Waals surface area contributed by atoms with Gasteiger partial charge in [-0.1, -0.05) is 12.1 Å². The van der Waals surface area contributed by atoms with Crippen LogP contribution in [0.2, 0.25) is 0 Å². The minimum absolute atomic E-state index is 0. The maximum absolute atomic E-state index is 12.3. The van der Waals surface area contributed by atoms with Gasteiger partial charge in [0.05, 0.1) is 11.0 Å². The van der Waals surface area contributed by atoms with E-state index in [0.29, 0.717) is 19.5 Å². The standard InChI is InChI=1S/C18H27N5O2.ClH/c1-21-15-5-2-3-6-16(15)23(18(21)25)12-7-17(24)20-8-4-11-22-13-9-19-10-14-22;/h2-3,5-6,19H,4,7-14H2,1H3,(H,20,24);1H. The molecule has 1 aliphatic rings. The predicted octanol–water partition coefficient (Wildman–Crippen LogP) is 0.563. The highest BCUT2D eigenvalue weighted by molar-refractivity contribution is 5.85. The van der Waals surface area contributed by atoms with Crippen molar-refractivity contribution in [2.75, 3.05) is 39.3 Å². The Hall–Kier alpha value is -1.83. The summed E-state index contributed by atoms with van der Waals surface area (Å²) in [4.78, 5) is 26.8. The SMILES string of the molecule is Cl.Cn1c(=O)n(CCC(=O)NCCCN2CCNCC2)c2ccccc21. The van der Waals surface area contributed by atoms with Gasteiger partial charge in [-0.25, -0.2) is 4.79 Å². The number of piperazine rings is 1. The van der Waals surface area contributed by atoms with Gasteiger partial charge in [0, 0.05) is 52.7 Å². The normalized spacial score (nSPS) is 15.0. The zero-order chi connectivity index (χ0) is 17.6. The van der Waals surface area contributed by atoms with E-state index in [4.69, 9.17) is 0 Å². The number of carbonyl (C=O) groups excluding carboxylic acids is 1. The first-order valence-corrected chi connectivity index (χ1v) is 9.01. The lowest BCUT2D eigenvalue weighted by Crippen LogP contribution is -2.44. The van der Waals surface area contributed by atoms with Crippen LogP contribution >= 0.6 is 12.4 Å². The number of nitrogens with one attached hydrogen (secondary N) is 2. The number of carbonyl (C=O) groups is 1.